The van der Waals surface area contributed by atoms with Crippen LogP contribution in [0.25, 0.3) is 10.9 Å². The van der Waals surface area contributed by atoms with Crippen molar-refractivity contribution >= 4 is 10.9 Å². The first-order chi connectivity index (χ1) is 8.63. The molecule has 18 heavy (non-hydrogen) atoms. The lowest BCUT2D eigenvalue weighted by molar-refractivity contribution is 0.340. The van der Waals surface area contributed by atoms with Crippen LogP contribution in [-0.4, -0.2) is 23.5 Å². The second-order valence-electron chi connectivity index (χ2n) is 4.97. The molecule has 2 rings (SSSR count). The summed E-state index contributed by atoms with van der Waals surface area (Å²) in [5, 5.41) is 1.25. The highest BCUT2D eigenvalue weighted by Gasteiger charge is 2.07. The quantitative estimate of drug-likeness (QED) is 0.815. The summed E-state index contributed by atoms with van der Waals surface area (Å²) in [6, 6.07) is 8.79. The molecule has 2 aromatic rings. The lowest BCUT2D eigenvalue weighted by atomic mass is 10.1. The summed E-state index contributed by atoms with van der Waals surface area (Å²) in [4.78, 5) is 7.15. The normalized spacial score (nSPS) is 11.4. The number of fused-ring (bicyclic) bond motifs is 1. The Kier molecular flexibility index (Phi) is 3.97. The zero-order chi connectivity index (χ0) is 13.1. The van der Waals surface area contributed by atoms with Gasteiger partial charge in [0.15, 0.2) is 0 Å². The van der Waals surface area contributed by atoms with Gasteiger partial charge in [-0.2, -0.15) is 0 Å². The van der Waals surface area contributed by atoms with Gasteiger partial charge in [0.25, 0.3) is 0 Å². The van der Waals surface area contributed by atoms with Crippen LogP contribution in [0.4, 0.5) is 0 Å². The summed E-state index contributed by atoms with van der Waals surface area (Å²) in [6.45, 7) is 8.48. The molecule has 1 aromatic carbocycles. The molecule has 0 radical (unpaired) electrons. The van der Waals surface area contributed by atoms with Crippen molar-refractivity contribution in [1.82, 2.24) is 9.88 Å². The monoisotopic (exact) mass is 242 g/mol. The molecule has 0 aliphatic carbocycles. The number of pyridine rings is 1. The Labute approximate surface area is 110 Å². The second kappa shape index (κ2) is 5.49. The van der Waals surface area contributed by atoms with Crippen LogP contribution >= 0.6 is 0 Å². The van der Waals surface area contributed by atoms with Gasteiger partial charge in [0.05, 0.1) is 11.2 Å². The van der Waals surface area contributed by atoms with Gasteiger partial charge in [-0.3, -0.25) is 4.98 Å². The van der Waals surface area contributed by atoms with Gasteiger partial charge in [0.2, 0.25) is 0 Å². The van der Waals surface area contributed by atoms with Crippen LogP contribution in [0, 0.1) is 6.92 Å². The smallest absolute Gasteiger partial charge is 0.0708 e. The van der Waals surface area contributed by atoms with Crippen molar-refractivity contribution in [3.05, 3.63) is 41.1 Å². The molecule has 2 heteroatoms. The van der Waals surface area contributed by atoms with Crippen LogP contribution in [0.2, 0.25) is 0 Å². The van der Waals surface area contributed by atoms with Gasteiger partial charge in [-0.1, -0.05) is 26.0 Å². The Balaban J connectivity index is 2.49. The molecule has 1 heterocycles. The highest BCUT2D eigenvalue weighted by molar-refractivity contribution is 5.80. The summed E-state index contributed by atoms with van der Waals surface area (Å²) < 4.78 is 0. The van der Waals surface area contributed by atoms with Crippen molar-refractivity contribution in [2.45, 2.75) is 33.7 Å². The fourth-order valence-corrected chi connectivity index (χ4v) is 2.17. The maximum absolute atomic E-state index is 4.85. The molecule has 0 unspecified atom stereocenters. The number of nitrogens with zero attached hydrogens (tertiary/aromatic N) is 2. The van der Waals surface area contributed by atoms with E-state index in [4.69, 9.17) is 4.98 Å². The fraction of sp³-hybridized carbons (Fsp3) is 0.438. The summed E-state index contributed by atoms with van der Waals surface area (Å²) in [6.07, 6.45) is 1.05. The molecule has 96 valence electrons. The van der Waals surface area contributed by atoms with Crippen LogP contribution in [0.5, 0.6) is 0 Å². The van der Waals surface area contributed by atoms with E-state index in [0.717, 1.165) is 25.0 Å². The second-order valence-corrected chi connectivity index (χ2v) is 4.97. The average Bonchev–Trinajstić information content (AvgIpc) is 2.37. The topological polar surface area (TPSA) is 16.1 Å². The molecule has 1 aromatic heterocycles. The number of hydrogen-bond donors (Lipinski definition) is 0. The Morgan fingerprint density at radius 1 is 1.17 bits per heavy atom. The highest BCUT2D eigenvalue weighted by Crippen LogP contribution is 2.19. The predicted molar refractivity (Wildman–Crippen MR) is 77.9 cm³/mol. The SMILES string of the molecule is CCc1cc2ccc(C)cc2nc1CN(C)CC. The van der Waals surface area contributed by atoms with Gasteiger partial charge in [0.1, 0.15) is 0 Å². The molecular formula is C16H22N2. The van der Waals surface area contributed by atoms with Gasteiger partial charge in [-0.15, -0.1) is 0 Å². The molecule has 0 spiro atoms. The molecule has 0 saturated heterocycles. The number of aryl methyl sites for hydroxylation is 2. The van der Waals surface area contributed by atoms with E-state index in [9.17, 15) is 0 Å². The van der Waals surface area contributed by atoms with Gasteiger partial charge >= 0.3 is 0 Å². The van der Waals surface area contributed by atoms with Crippen LogP contribution in [0.3, 0.4) is 0 Å². The third-order valence-electron chi connectivity index (χ3n) is 3.48. The van der Waals surface area contributed by atoms with Crippen molar-refractivity contribution in [1.29, 1.82) is 0 Å². The summed E-state index contributed by atoms with van der Waals surface area (Å²) >= 11 is 0. The minimum atomic E-state index is 0.934. The standard InChI is InChI=1S/C16H22N2/c1-5-13-10-14-8-7-12(3)9-15(14)17-16(13)11-18(4)6-2/h7-10H,5-6,11H2,1-4H3. The van der Waals surface area contributed by atoms with E-state index in [-0.39, 0.29) is 0 Å². The minimum Gasteiger partial charge on any atom is -0.301 e. The summed E-state index contributed by atoms with van der Waals surface area (Å²) in [5.74, 6) is 0. The predicted octanol–water partition coefficient (Wildman–Crippen LogP) is 3.56. The first-order valence-corrected chi connectivity index (χ1v) is 6.71. The third-order valence-corrected chi connectivity index (χ3v) is 3.48. The Morgan fingerprint density at radius 3 is 2.61 bits per heavy atom. The average molecular weight is 242 g/mol. The fourth-order valence-electron chi connectivity index (χ4n) is 2.17. The largest absolute Gasteiger partial charge is 0.301 e. The molecule has 0 aliphatic rings. The number of rotatable bonds is 4. The van der Waals surface area contributed by atoms with Crippen LogP contribution in [-0.2, 0) is 13.0 Å². The molecular weight excluding hydrogens is 220 g/mol. The molecule has 0 N–H and O–H groups in total. The molecule has 0 fully saturated rings. The van der Waals surface area contributed by atoms with Crippen LogP contribution in [0.15, 0.2) is 24.3 Å². The van der Waals surface area contributed by atoms with Crippen LogP contribution < -0.4 is 0 Å². The molecule has 0 aliphatic heterocycles. The molecule has 0 bridgehead atoms. The zero-order valence-electron chi connectivity index (χ0n) is 11.8. The van der Waals surface area contributed by atoms with Crippen molar-refractivity contribution in [3.63, 3.8) is 0 Å². The minimum absolute atomic E-state index is 0.934. The Morgan fingerprint density at radius 2 is 1.94 bits per heavy atom. The van der Waals surface area contributed by atoms with Gasteiger partial charge in [0, 0.05) is 11.9 Å². The van der Waals surface area contributed by atoms with Crippen molar-refractivity contribution in [2.75, 3.05) is 13.6 Å². The van der Waals surface area contributed by atoms with E-state index < -0.39 is 0 Å². The number of aromatic nitrogens is 1. The summed E-state index contributed by atoms with van der Waals surface area (Å²) in [7, 11) is 2.14. The molecule has 0 atom stereocenters. The lowest BCUT2D eigenvalue weighted by Crippen LogP contribution is -2.18. The maximum atomic E-state index is 4.85. The van der Waals surface area contributed by atoms with E-state index in [1.54, 1.807) is 0 Å². The number of hydrogen-bond acceptors (Lipinski definition) is 2. The van der Waals surface area contributed by atoms with E-state index >= 15 is 0 Å². The molecule has 2 nitrogen and oxygen atoms in total. The summed E-state index contributed by atoms with van der Waals surface area (Å²) in [5.41, 5.74) is 4.98. The first-order valence-electron chi connectivity index (χ1n) is 6.71. The van der Waals surface area contributed by atoms with E-state index in [2.05, 4.69) is 57.0 Å². The van der Waals surface area contributed by atoms with Crippen molar-refractivity contribution in [2.24, 2.45) is 0 Å². The lowest BCUT2D eigenvalue weighted by Gasteiger charge is -2.16. The van der Waals surface area contributed by atoms with E-state index in [1.807, 2.05) is 0 Å². The van der Waals surface area contributed by atoms with Crippen molar-refractivity contribution < 1.29 is 0 Å². The van der Waals surface area contributed by atoms with Gasteiger partial charge in [-0.25, -0.2) is 0 Å². The molecule has 0 amide bonds. The Bertz CT molecular complexity index is 546. The highest BCUT2D eigenvalue weighted by atomic mass is 15.1. The van der Waals surface area contributed by atoms with Crippen LogP contribution in [0.1, 0.15) is 30.7 Å². The maximum Gasteiger partial charge on any atom is 0.0708 e. The van der Waals surface area contributed by atoms with Crippen molar-refractivity contribution in [3.8, 4) is 0 Å². The first kappa shape index (κ1) is 13.0. The molecule has 0 saturated carbocycles. The Hall–Kier alpha value is -1.41. The van der Waals surface area contributed by atoms with Gasteiger partial charge in [-0.05, 0) is 50.2 Å². The van der Waals surface area contributed by atoms with E-state index in [1.165, 1.54) is 22.2 Å². The van der Waals surface area contributed by atoms with E-state index in [0.29, 0.717) is 0 Å². The third kappa shape index (κ3) is 2.70. The van der Waals surface area contributed by atoms with Gasteiger partial charge < -0.3 is 4.90 Å². The number of benzene rings is 1. The zero-order valence-corrected chi connectivity index (χ0v) is 11.8.